The second-order valence-electron chi connectivity index (χ2n) is 14.7. The molecule has 0 spiro atoms. The molecular weight excluding hydrogens is 675 g/mol. The van der Waals surface area contributed by atoms with E-state index in [0.717, 1.165) is 34.6 Å². The Morgan fingerprint density at radius 1 is 0.413 bits per heavy atom. The summed E-state index contributed by atoms with van der Waals surface area (Å²) >= 11 is -3.78. The van der Waals surface area contributed by atoms with Gasteiger partial charge in [0.25, 0.3) is 0 Å². The Morgan fingerprint density at radius 2 is 0.674 bits per heavy atom. The van der Waals surface area contributed by atoms with E-state index < -0.39 is 19.2 Å². The molecule has 0 aromatic carbocycles. The summed E-state index contributed by atoms with van der Waals surface area (Å²) in [5.74, 6) is -0.651. The van der Waals surface area contributed by atoms with Gasteiger partial charge in [-0.15, -0.1) is 0 Å². The summed E-state index contributed by atoms with van der Waals surface area (Å²) in [6.07, 6.45) is 44.3. The van der Waals surface area contributed by atoms with Crippen molar-refractivity contribution in [3.8, 4) is 0 Å². The first kappa shape index (κ1) is 43.5. The van der Waals surface area contributed by atoms with Crippen molar-refractivity contribution in [2.75, 3.05) is 0 Å². The Labute approximate surface area is 292 Å². The molecule has 0 N–H and O–H groups in total. The van der Waals surface area contributed by atoms with E-state index in [-0.39, 0.29) is 11.9 Å². The summed E-state index contributed by atoms with van der Waals surface area (Å²) in [7, 11) is 0. The zero-order chi connectivity index (χ0) is 33.4. The molecule has 1 rings (SSSR count). The zero-order valence-electron chi connectivity index (χ0n) is 31.3. The summed E-state index contributed by atoms with van der Waals surface area (Å²) in [6, 6.07) is 0. The molecule has 46 heavy (non-hydrogen) atoms. The number of hydrogen-bond donors (Lipinski definition) is 0. The van der Waals surface area contributed by atoms with Gasteiger partial charge in [0.15, 0.2) is 0 Å². The standard InChI is InChI=1S/2C18H37.C5H6O4.Sn/c2*1-3-5-7-9-11-13-15-17-18-16-14-12-10-8-6-4-2;1-3(5(8)9)2-4(6)7;/h2*1,3-18H2,2H3;2H,1H3,(H,6,7)(H,8,9);/q;;;+2/p-2. The van der Waals surface area contributed by atoms with Crippen LogP contribution in [0.1, 0.15) is 226 Å². The summed E-state index contributed by atoms with van der Waals surface area (Å²) in [6.45, 7) is 6.25. The Balaban J connectivity index is 2.14. The topological polar surface area (TPSA) is 52.6 Å². The van der Waals surface area contributed by atoms with Gasteiger partial charge in [0, 0.05) is 0 Å². The van der Waals surface area contributed by atoms with Crippen LogP contribution in [0, 0.1) is 0 Å². The van der Waals surface area contributed by atoms with Gasteiger partial charge in [-0.2, -0.15) is 0 Å². The molecule has 0 aromatic heterocycles. The molecule has 0 fully saturated rings. The number of carbonyl (C=O) groups excluding carboxylic acids is 2. The molecule has 0 atom stereocenters. The number of unbranched alkanes of at least 4 members (excludes halogenated alkanes) is 30. The first-order valence-corrected chi connectivity index (χ1v) is 27.0. The fraction of sp³-hybridized carbons (Fsp3) is 0.902. The van der Waals surface area contributed by atoms with E-state index >= 15 is 0 Å². The number of carbonyl (C=O) groups is 2. The minimum atomic E-state index is -3.78. The molecular formula is C41H78O4Sn. The Bertz CT molecular complexity index is 713. The van der Waals surface area contributed by atoms with E-state index in [9.17, 15) is 9.59 Å². The van der Waals surface area contributed by atoms with Crippen LogP contribution in [0.25, 0.3) is 0 Å². The SMILES string of the molecule is CCCCCCCCCCCCCCCCC[CH2][Sn]1([CH2]CCCCCCCCCCCCCCCCC)[O]C(=O)C=C(C)C(=O)[O]1. The quantitative estimate of drug-likeness (QED) is 0.0485. The summed E-state index contributed by atoms with van der Waals surface area (Å²) < 4.78 is 13.8. The average molecular weight is 754 g/mol. The van der Waals surface area contributed by atoms with Gasteiger partial charge in [0.05, 0.1) is 0 Å². The molecule has 1 heterocycles. The van der Waals surface area contributed by atoms with Crippen molar-refractivity contribution >= 4 is 31.1 Å². The van der Waals surface area contributed by atoms with Crippen molar-refractivity contribution in [3.63, 3.8) is 0 Å². The van der Waals surface area contributed by atoms with E-state index in [1.807, 2.05) is 0 Å². The molecule has 1 aliphatic heterocycles. The maximum absolute atomic E-state index is 12.6. The van der Waals surface area contributed by atoms with Crippen LogP contribution in [-0.4, -0.2) is 31.1 Å². The monoisotopic (exact) mass is 754 g/mol. The molecule has 5 heteroatoms. The Hall–Kier alpha value is -0.521. The van der Waals surface area contributed by atoms with Crippen molar-refractivity contribution < 1.29 is 15.7 Å². The van der Waals surface area contributed by atoms with Crippen LogP contribution in [-0.2, 0) is 15.7 Å². The van der Waals surface area contributed by atoms with Gasteiger partial charge in [-0.3, -0.25) is 0 Å². The summed E-state index contributed by atoms with van der Waals surface area (Å²) in [5, 5.41) is 0. The van der Waals surface area contributed by atoms with Gasteiger partial charge >= 0.3 is 216 Å². The minimum absolute atomic E-state index is 0.311. The third-order valence-corrected chi connectivity index (χ3v) is 19.6. The first-order chi connectivity index (χ1) is 22.5. The predicted octanol–water partition coefficient (Wildman–Crippen LogP) is 14.0. The van der Waals surface area contributed by atoms with Crippen molar-refractivity contribution in [1.29, 1.82) is 0 Å². The average Bonchev–Trinajstić information content (AvgIpc) is 3.14. The Kier molecular flexibility index (Phi) is 30.0. The predicted molar refractivity (Wildman–Crippen MR) is 200 cm³/mol. The molecule has 1 aliphatic rings. The molecule has 0 saturated carbocycles. The van der Waals surface area contributed by atoms with Gasteiger partial charge in [-0.05, 0) is 0 Å². The molecule has 0 saturated heterocycles. The molecule has 270 valence electrons. The molecule has 4 nitrogen and oxygen atoms in total. The van der Waals surface area contributed by atoms with Crippen LogP contribution in [0.4, 0.5) is 0 Å². The van der Waals surface area contributed by atoms with Crippen molar-refractivity contribution in [2.45, 2.75) is 235 Å². The van der Waals surface area contributed by atoms with Crippen LogP contribution in [0.5, 0.6) is 0 Å². The van der Waals surface area contributed by atoms with Crippen LogP contribution < -0.4 is 0 Å². The van der Waals surface area contributed by atoms with Crippen LogP contribution in [0.2, 0.25) is 8.87 Å². The summed E-state index contributed by atoms with van der Waals surface area (Å²) in [5.41, 5.74) is 0.391. The van der Waals surface area contributed by atoms with E-state index in [1.54, 1.807) is 6.92 Å². The third-order valence-electron chi connectivity index (χ3n) is 10.0. The third kappa shape index (κ3) is 25.5. The van der Waals surface area contributed by atoms with Gasteiger partial charge in [-0.25, -0.2) is 0 Å². The van der Waals surface area contributed by atoms with E-state index in [4.69, 9.17) is 6.15 Å². The van der Waals surface area contributed by atoms with Gasteiger partial charge in [0.1, 0.15) is 0 Å². The Morgan fingerprint density at radius 3 is 0.957 bits per heavy atom. The fourth-order valence-corrected chi connectivity index (χ4v) is 16.1. The van der Waals surface area contributed by atoms with Gasteiger partial charge < -0.3 is 0 Å². The first-order valence-electron chi connectivity index (χ1n) is 20.7. The van der Waals surface area contributed by atoms with Crippen LogP contribution >= 0.6 is 0 Å². The van der Waals surface area contributed by atoms with Gasteiger partial charge in [-0.1, -0.05) is 78.1 Å². The molecule has 0 unspecified atom stereocenters. The number of hydrogen-bond acceptors (Lipinski definition) is 4. The molecule has 0 amide bonds. The van der Waals surface area contributed by atoms with Crippen molar-refractivity contribution in [3.05, 3.63) is 11.6 Å². The molecule has 0 aromatic rings. The second-order valence-corrected chi connectivity index (χ2v) is 23.9. The van der Waals surface area contributed by atoms with Crippen molar-refractivity contribution in [2.24, 2.45) is 0 Å². The van der Waals surface area contributed by atoms with E-state index in [2.05, 4.69) is 13.8 Å². The normalized spacial score (nSPS) is 14.6. The van der Waals surface area contributed by atoms with Crippen molar-refractivity contribution in [1.82, 2.24) is 0 Å². The molecule has 0 bridgehead atoms. The van der Waals surface area contributed by atoms with Crippen LogP contribution in [0.15, 0.2) is 11.6 Å². The van der Waals surface area contributed by atoms with E-state index in [1.165, 1.54) is 186 Å². The summed E-state index contributed by atoms with van der Waals surface area (Å²) in [4.78, 5) is 25.2. The zero-order valence-corrected chi connectivity index (χ0v) is 34.1. The van der Waals surface area contributed by atoms with Gasteiger partial charge in [0.2, 0.25) is 0 Å². The maximum atomic E-state index is 12.6. The van der Waals surface area contributed by atoms with Crippen LogP contribution in [0.3, 0.4) is 0 Å². The number of rotatable bonds is 34. The molecule has 0 aliphatic carbocycles. The van der Waals surface area contributed by atoms with E-state index in [0.29, 0.717) is 5.57 Å². The second kappa shape index (κ2) is 31.7. The molecule has 0 radical (unpaired) electrons. The fourth-order valence-electron chi connectivity index (χ4n) is 6.93.